The van der Waals surface area contributed by atoms with Crippen LogP contribution in [-0.2, 0) is 11.3 Å². The van der Waals surface area contributed by atoms with Crippen LogP contribution in [-0.4, -0.2) is 48.6 Å². The lowest BCUT2D eigenvalue weighted by atomic mass is 9.98. The van der Waals surface area contributed by atoms with E-state index in [0.717, 1.165) is 43.9 Å². The van der Waals surface area contributed by atoms with Crippen molar-refractivity contribution in [2.24, 2.45) is 5.92 Å². The van der Waals surface area contributed by atoms with E-state index in [4.69, 9.17) is 14.6 Å². The fourth-order valence-corrected chi connectivity index (χ4v) is 4.19. The molecule has 0 radical (unpaired) electrons. The molecule has 1 fully saturated rings. The minimum Gasteiger partial charge on any atom is -0.497 e. The third-order valence-electron chi connectivity index (χ3n) is 5.64. The van der Waals surface area contributed by atoms with E-state index in [2.05, 4.69) is 4.90 Å². The number of piperidine rings is 1. The fraction of sp³-hybridized carbons (Fsp3) is 0.375. The van der Waals surface area contributed by atoms with Gasteiger partial charge in [-0.15, -0.1) is 0 Å². The lowest BCUT2D eigenvalue weighted by Gasteiger charge is -2.32. The fourth-order valence-electron chi connectivity index (χ4n) is 4.19. The molecule has 2 heterocycles. The zero-order valence-electron chi connectivity index (χ0n) is 17.6. The lowest BCUT2D eigenvalue weighted by Crippen LogP contribution is -2.36. The number of benzene rings is 2. The Hall–Kier alpha value is -2.70. The molecule has 2 aromatic carbocycles. The van der Waals surface area contributed by atoms with Gasteiger partial charge in [-0.25, -0.2) is 9.07 Å². The first-order chi connectivity index (χ1) is 14.7. The molecule has 6 heteroatoms. The van der Waals surface area contributed by atoms with Crippen LogP contribution in [0, 0.1) is 11.7 Å². The Kier molecular flexibility index (Phi) is 6.45. The van der Waals surface area contributed by atoms with E-state index in [1.807, 2.05) is 41.2 Å². The first-order valence-corrected chi connectivity index (χ1v) is 10.4. The van der Waals surface area contributed by atoms with E-state index in [9.17, 15) is 4.39 Å². The van der Waals surface area contributed by atoms with Crippen molar-refractivity contribution in [1.29, 1.82) is 0 Å². The van der Waals surface area contributed by atoms with Gasteiger partial charge < -0.3 is 9.47 Å². The zero-order chi connectivity index (χ0) is 20.9. The molecule has 3 aromatic rings. The summed E-state index contributed by atoms with van der Waals surface area (Å²) in [5.41, 5.74) is 3.13. The molecular weight excluding hydrogens is 381 g/mol. The van der Waals surface area contributed by atoms with Crippen LogP contribution in [0.5, 0.6) is 5.75 Å². The Bertz CT molecular complexity index is 972. The van der Waals surface area contributed by atoms with Crippen LogP contribution in [0.1, 0.15) is 18.4 Å². The molecule has 0 aliphatic carbocycles. The Balaban J connectivity index is 1.68. The topological polar surface area (TPSA) is 39.5 Å². The summed E-state index contributed by atoms with van der Waals surface area (Å²) >= 11 is 0. The third kappa shape index (κ3) is 4.55. The quantitative estimate of drug-likeness (QED) is 0.574. The molecule has 1 aliphatic rings. The highest BCUT2D eigenvalue weighted by atomic mass is 19.1. The van der Waals surface area contributed by atoms with Crippen molar-refractivity contribution in [3.8, 4) is 22.7 Å². The summed E-state index contributed by atoms with van der Waals surface area (Å²) in [6.07, 6.45) is 4.36. The van der Waals surface area contributed by atoms with Gasteiger partial charge in [0, 0.05) is 43.6 Å². The van der Waals surface area contributed by atoms with Crippen molar-refractivity contribution in [2.75, 3.05) is 33.9 Å². The minimum atomic E-state index is -0.329. The SMILES string of the molecule is COCC1CCCN(Cc2cn(-c3ccccc3)nc2-c2ccc(OC)cc2F)C1. The Morgan fingerprint density at radius 3 is 2.70 bits per heavy atom. The summed E-state index contributed by atoms with van der Waals surface area (Å²) in [5, 5.41) is 4.77. The maximum atomic E-state index is 14.9. The lowest BCUT2D eigenvalue weighted by molar-refractivity contribution is 0.0874. The highest BCUT2D eigenvalue weighted by molar-refractivity contribution is 5.65. The average molecular weight is 410 g/mol. The number of halogens is 1. The molecule has 158 valence electrons. The third-order valence-corrected chi connectivity index (χ3v) is 5.64. The van der Waals surface area contributed by atoms with Crippen molar-refractivity contribution >= 4 is 0 Å². The number of hydrogen-bond acceptors (Lipinski definition) is 4. The summed E-state index contributed by atoms with van der Waals surface area (Å²) in [7, 11) is 3.30. The molecule has 5 nitrogen and oxygen atoms in total. The van der Waals surface area contributed by atoms with E-state index in [1.54, 1.807) is 19.2 Å². The minimum absolute atomic E-state index is 0.329. The second kappa shape index (κ2) is 9.41. The predicted molar refractivity (Wildman–Crippen MR) is 115 cm³/mol. The van der Waals surface area contributed by atoms with E-state index < -0.39 is 0 Å². The first kappa shape index (κ1) is 20.6. The van der Waals surface area contributed by atoms with Crippen LogP contribution in [0.4, 0.5) is 4.39 Å². The van der Waals surface area contributed by atoms with E-state index >= 15 is 0 Å². The average Bonchev–Trinajstić information content (AvgIpc) is 3.18. The molecule has 0 amide bonds. The smallest absolute Gasteiger partial charge is 0.136 e. The number of methoxy groups -OCH3 is 2. The normalized spacial score (nSPS) is 17.2. The van der Waals surface area contributed by atoms with Gasteiger partial charge in [-0.1, -0.05) is 18.2 Å². The van der Waals surface area contributed by atoms with Crippen molar-refractivity contribution < 1.29 is 13.9 Å². The number of rotatable bonds is 7. The van der Waals surface area contributed by atoms with Gasteiger partial charge in [-0.05, 0) is 49.6 Å². The van der Waals surface area contributed by atoms with Crippen molar-refractivity contribution in [1.82, 2.24) is 14.7 Å². The Morgan fingerprint density at radius 1 is 1.13 bits per heavy atom. The molecule has 0 bridgehead atoms. The van der Waals surface area contributed by atoms with Gasteiger partial charge in [0.05, 0.1) is 19.4 Å². The molecule has 1 atom stereocenters. The Labute approximate surface area is 177 Å². The van der Waals surface area contributed by atoms with Crippen molar-refractivity contribution in [3.63, 3.8) is 0 Å². The highest BCUT2D eigenvalue weighted by Gasteiger charge is 2.23. The van der Waals surface area contributed by atoms with Crippen molar-refractivity contribution in [2.45, 2.75) is 19.4 Å². The van der Waals surface area contributed by atoms with E-state index in [0.29, 0.717) is 22.9 Å². The summed E-state index contributed by atoms with van der Waals surface area (Å²) in [5.74, 6) is 0.706. The summed E-state index contributed by atoms with van der Waals surface area (Å²) in [6, 6.07) is 14.9. The van der Waals surface area contributed by atoms with E-state index in [-0.39, 0.29) is 5.82 Å². The number of nitrogens with zero attached hydrogens (tertiary/aromatic N) is 3. The molecule has 1 aliphatic heterocycles. The molecule has 1 unspecified atom stereocenters. The maximum Gasteiger partial charge on any atom is 0.136 e. The van der Waals surface area contributed by atoms with Gasteiger partial charge in [-0.3, -0.25) is 4.90 Å². The Morgan fingerprint density at radius 2 is 1.97 bits per heavy atom. The van der Waals surface area contributed by atoms with Crippen LogP contribution in [0.2, 0.25) is 0 Å². The van der Waals surface area contributed by atoms with Gasteiger partial charge in [0.15, 0.2) is 0 Å². The second-order valence-electron chi connectivity index (χ2n) is 7.83. The molecule has 1 aromatic heterocycles. The molecule has 0 N–H and O–H groups in total. The van der Waals surface area contributed by atoms with Crippen LogP contribution in [0.3, 0.4) is 0 Å². The van der Waals surface area contributed by atoms with Crippen LogP contribution < -0.4 is 4.74 Å². The molecular formula is C24H28FN3O2. The molecule has 30 heavy (non-hydrogen) atoms. The highest BCUT2D eigenvalue weighted by Crippen LogP contribution is 2.30. The summed E-state index contributed by atoms with van der Waals surface area (Å²) in [4.78, 5) is 2.42. The van der Waals surface area contributed by atoms with Gasteiger partial charge in [0.1, 0.15) is 17.3 Å². The van der Waals surface area contributed by atoms with Gasteiger partial charge in [0.25, 0.3) is 0 Å². The largest absolute Gasteiger partial charge is 0.497 e. The summed E-state index contributed by atoms with van der Waals surface area (Å²) < 4.78 is 27.3. The maximum absolute atomic E-state index is 14.9. The van der Waals surface area contributed by atoms with Crippen LogP contribution in [0.25, 0.3) is 16.9 Å². The molecule has 4 rings (SSSR count). The number of likely N-dealkylation sites (tertiary alicyclic amines) is 1. The van der Waals surface area contributed by atoms with Crippen LogP contribution >= 0.6 is 0 Å². The second-order valence-corrected chi connectivity index (χ2v) is 7.83. The van der Waals surface area contributed by atoms with Gasteiger partial charge in [0.2, 0.25) is 0 Å². The number of aromatic nitrogens is 2. The predicted octanol–water partition coefficient (Wildman–Crippen LogP) is 4.55. The number of ether oxygens (including phenoxy) is 2. The molecule has 1 saturated heterocycles. The van der Waals surface area contributed by atoms with Gasteiger partial charge in [-0.2, -0.15) is 5.10 Å². The number of para-hydroxylation sites is 1. The standard InChI is InChI=1S/C24H28FN3O2/c1-29-17-18-7-6-12-27(14-18)15-19-16-28(20-8-4-3-5-9-20)26-24(19)22-11-10-21(30-2)13-23(22)25/h3-5,8-11,13,16,18H,6-7,12,14-15,17H2,1-2H3. The molecule has 0 spiro atoms. The van der Waals surface area contributed by atoms with E-state index in [1.165, 1.54) is 19.6 Å². The van der Waals surface area contributed by atoms with Crippen molar-refractivity contribution in [3.05, 3.63) is 66.1 Å². The first-order valence-electron chi connectivity index (χ1n) is 10.4. The summed E-state index contributed by atoms with van der Waals surface area (Å²) in [6.45, 7) is 3.52. The monoisotopic (exact) mass is 409 g/mol. The molecule has 0 saturated carbocycles. The van der Waals surface area contributed by atoms with Crippen LogP contribution in [0.15, 0.2) is 54.7 Å². The number of hydrogen-bond donors (Lipinski definition) is 0. The zero-order valence-corrected chi connectivity index (χ0v) is 17.6. The van der Waals surface area contributed by atoms with Gasteiger partial charge >= 0.3 is 0 Å².